The van der Waals surface area contributed by atoms with E-state index in [2.05, 4.69) is 10.3 Å². The van der Waals surface area contributed by atoms with Crippen molar-refractivity contribution < 1.29 is 9.59 Å². The highest BCUT2D eigenvalue weighted by Gasteiger charge is 2.54. The molecular formula is C17H20N4O3S. The van der Waals surface area contributed by atoms with Gasteiger partial charge in [-0.3, -0.25) is 18.9 Å². The predicted octanol–water partition coefficient (Wildman–Crippen LogP) is 2.07. The summed E-state index contributed by atoms with van der Waals surface area (Å²) in [5.74, 6) is -0.0715. The number of carbonyl (C=O) groups excluding carboxylic acids is 2. The van der Waals surface area contributed by atoms with E-state index in [1.807, 2.05) is 19.2 Å². The third kappa shape index (κ3) is 2.38. The summed E-state index contributed by atoms with van der Waals surface area (Å²) < 4.78 is 1.53. The first-order valence-corrected chi connectivity index (χ1v) is 9.41. The van der Waals surface area contributed by atoms with E-state index in [0.29, 0.717) is 17.1 Å². The molecule has 1 saturated heterocycles. The number of hydrogen-bond donors (Lipinski definition) is 1. The van der Waals surface area contributed by atoms with Crippen molar-refractivity contribution in [2.24, 2.45) is 5.92 Å². The van der Waals surface area contributed by atoms with Crippen LogP contribution in [0.1, 0.15) is 44.0 Å². The number of nitrogens with one attached hydrogen (secondary N) is 1. The smallest absolute Gasteiger partial charge is 0.323 e. The summed E-state index contributed by atoms with van der Waals surface area (Å²) in [5, 5.41) is 4.78. The van der Waals surface area contributed by atoms with E-state index in [1.165, 1.54) is 26.7 Å². The molecule has 3 amide bonds. The number of urea groups is 1. The summed E-state index contributed by atoms with van der Waals surface area (Å²) in [4.78, 5) is 44.0. The fraction of sp³-hybridized carbons (Fsp3) is 0.529. The molecule has 0 bridgehead atoms. The third-order valence-corrected chi connectivity index (χ3v) is 6.39. The Morgan fingerprint density at radius 3 is 2.92 bits per heavy atom. The van der Waals surface area contributed by atoms with Crippen LogP contribution in [0.15, 0.2) is 16.2 Å². The Morgan fingerprint density at radius 2 is 2.16 bits per heavy atom. The normalized spacial score (nSPS) is 26.6. The van der Waals surface area contributed by atoms with Gasteiger partial charge in [0.2, 0.25) is 0 Å². The number of aromatic nitrogens is 2. The molecule has 1 saturated carbocycles. The number of amides is 3. The number of aryl methyl sites for hydroxylation is 1. The van der Waals surface area contributed by atoms with Gasteiger partial charge in [-0.1, -0.05) is 19.8 Å². The molecule has 2 aromatic rings. The van der Waals surface area contributed by atoms with Gasteiger partial charge in [0.1, 0.15) is 5.54 Å². The van der Waals surface area contributed by atoms with Crippen LogP contribution in [-0.4, -0.2) is 31.8 Å². The standard InChI is InChI=1S/C17H20N4O3S/c1-10-5-3-4-6-17(10)14(23)20(15(24)19-17)8-12-7-13(22)21-11(2)9-25-16(21)18-12/h7,9-10H,3-6,8H2,1-2H3,(H,19,24)/t10-,17+/m1/s1. The molecule has 0 radical (unpaired) electrons. The number of hydrogen-bond acceptors (Lipinski definition) is 5. The van der Waals surface area contributed by atoms with Crippen LogP contribution in [0.3, 0.4) is 0 Å². The van der Waals surface area contributed by atoms with Crippen LogP contribution in [-0.2, 0) is 11.3 Å². The molecule has 2 fully saturated rings. The van der Waals surface area contributed by atoms with Crippen molar-refractivity contribution >= 4 is 28.2 Å². The molecule has 2 aliphatic rings. The van der Waals surface area contributed by atoms with Gasteiger partial charge in [-0.05, 0) is 25.7 Å². The number of nitrogens with zero attached hydrogens (tertiary/aromatic N) is 3. The van der Waals surface area contributed by atoms with Crippen molar-refractivity contribution in [1.29, 1.82) is 0 Å². The quantitative estimate of drug-likeness (QED) is 0.831. The van der Waals surface area contributed by atoms with Crippen LogP contribution in [0.25, 0.3) is 4.96 Å². The van der Waals surface area contributed by atoms with Gasteiger partial charge in [-0.25, -0.2) is 9.78 Å². The van der Waals surface area contributed by atoms with Crippen LogP contribution in [0, 0.1) is 12.8 Å². The minimum atomic E-state index is -0.784. The molecule has 8 heteroatoms. The van der Waals surface area contributed by atoms with E-state index in [0.717, 1.165) is 25.0 Å². The number of fused-ring (bicyclic) bond motifs is 1. The van der Waals surface area contributed by atoms with Crippen LogP contribution < -0.4 is 10.9 Å². The van der Waals surface area contributed by atoms with Gasteiger partial charge in [0.25, 0.3) is 11.5 Å². The fourth-order valence-electron chi connectivity index (χ4n) is 3.98. The molecule has 7 nitrogen and oxygen atoms in total. The van der Waals surface area contributed by atoms with Gasteiger partial charge in [0.15, 0.2) is 4.96 Å². The lowest BCUT2D eigenvalue weighted by molar-refractivity contribution is -0.134. The zero-order chi connectivity index (χ0) is 17.8. The molecule has 2 aromatic heterocycles. The monoisotopic (exact) mass is 360 g/mol. The number of imide groups is 1. The first kappa shape index (κ1) is 16.3. The Kier molecular flexibility index (Phi) is 3.68. The first-order chi connectivity index (χ1) is 11.9. The Balaban J connectivity index is 1.66. The molecule has 3 heterocycles. The predicted molar refractivity (Wildman–Crippen MR) is 93.5 cm³/mol. The lowest BCUT2D eigenvalue weighted by Gasteiger charge is -2.36. The lowest BCUT2D eigenvalue weighted by atomic mass is 9.73. The topological polar surface area (TPSA) is 83.8 Å². The summed E-state index contributed by atoms with van der Waals surface area (Å²) in [7, 11) is 0. The zero-order valence-electron chi connectivity index (χ0n) is 14.2. The number of rotatable bonds is 2. The largest absolute Gasteiger partial charge is 0.325 e. The minimum absolute atomic E-state index is 0.0296. The molecule has 0 aromatic carbocycles. The maximum atomic E-state index is 13.0. The molecular weight excluding hydrogens is 340 g/mol. The summed E-state index contributed by atoms with van der Waals surface area (Å²) >= 11 is 1.37. The number of thiazole rings is 1. The molecule has 1 N–H and O–H groups in total. The third-order valence-electron chi connectivity index (χ3n) is 5.45. The van der Waals surface area contributed by atoms with Crippen LogP contribution in [0.5, 0.6) is 0 Å². The first-order valence-electron chi connectivity index (χ1n) is 8.53. The van der Waals surface area contributed by atoms with Gasteiger partial charge < -0.3 is 5.32 Å². The molecule has 1 aliphatic heterocycles. The molecule has 132 valence electrons. The summed E-state index contributed by atoms with van der Waals surface area (Å²) in [6, 6.07) is 1.02. The van der Waals surface area contributed by atoms with Gasteiger partial charge in [0, 0.05) is 17.1 Å². The second kappa shape index (κ2) is 5.66. The van der Waals surface area contributed by atoms with E-state index in [-0.39, 0.29) is 30.0 Å². The highest BCUT2D eigenvalue weighted by atomic mass is 32.1. The average molecular weight is 360 g/mol. The Hall–Kier alpha value is -2.22. The highest BCUT2D eigenvalue weighted by Crippen LogP contribution is 2.38. The molecule has 1 spiro atoms. The zero-order valence-corrected chi connectivity index (χ0v) is 15.1. The fourth-order valence-corrected chi connectivity index (χ4v) is 4.87. The highest BCUT2D eigenvalue weighted by molar-refractivity contribution is 7.15. The molecule has 1 aliphatic carbocycles. The maximum Gasteiger partial charge on any atom is 0.325 e. The number of carbonyl (C=O) groups is 2. The van der Waals surface area contributed by atoms with Crippen LogP contribution in [0.2, 0.25) is 0 Å². The van der Waals surface area contributed by atoms with Gasteiger partial charge in [-0.15, -0.1) is 11.3 Å². The minimum Gasteiger partial charge on any atom is -0.323 e. The van der Waals surface area contributed by atoms with E-state index in [1.54, 1.807) is 0 Å². The van der Waals surface area contributed by atoms with Gasteiger partial charge in [-0.2, -0.15) is 0 Å². The molecule has 2 atom stereocenters. The maximum absolute atomic E-state index is 13.0. The van der Waals surface area contributed by atoms with Crippen molar-refractivity contribution in [3.05, 3.63) is 33.2 Å². The van der Waals surface area contributed by atoms with E-state index >= 15 is 0 Å². The van der Waals surface area contributed by atoms with Crippen LogP contribution in [0.4, 0.5) is 4.79 Å². The van der Waals surface area contributed by atoms with Gasteiger partial charge in [0.05, 0.1) is 12.2 Å². The Morgan fingerprint density at radius 1 is 1.36 bits per heavy atom. The second-order valence-corrected chi connectivity index (χ2v) is 7.86. The molecule has 25 heavy (non-hydrogen) atoms. The Labute approximate surface area is 148 Å². The van der Waals surface area contributed by atoms with E-state index in [4.69, 9.17) is 0 Å². The van der Waals surface area contributed by atoms with E-state index < -0.39 is 5.54 Å². The summed E-state index contributed by atoms with van der Waals surface area (Å²) in [6.07, 6.45) is 3.62. The van der Waals surface area contributed by atoms with Crippen molar-refractivity contribution in [2.75, 3.05) is 0 Å². The summed E-state index contributed by atoms with van der Waals surface area (Å²) in [6.45, 7) is 3.89. The van der Waals surface area contributed by atoms with Crippen molar-refractivity contribution in [2.45, 2.75) is 51.6 Å². The van der Waals surface area contributed by atoms with Crippen molar-refractivity contribution in [3.8, 4) is 0 Å². The SMILES string of the molecule is Cc1csc2nc(CN3C(=O)N[C@]4(CCCC[C@H]4C)C3=O)cc(=O)n12. The second-order valence-electron chi connectivity index (χ2n) is 7.02. The van der Waals surface area contributed by atoms with Crippen LogP contribution >= 0.6 is 11.3 Å². The molecule has 4 rings (SSSR count). The summed E-state index contributed by atoms with van der Waals surface area (Å²) in [5.41, 5.74) is 0.296. The molecule has 0 unspecified atom stereocenters. The average Bonchev–Trinajstić information content (AvgIpc) is 3.05. The Bertz CT molecular complexity index is 934. The van der Waals surface area contributed by atoms with Crippen molar-refractivity contribution in [3.63, 3.8) is 0 Å². The van der Waals surface area contributed by atoms with E-state index in [9.17, 15) is 14.4 Å². The van der Waals surface area contributed by atoms with Crippen molar-refractivity contribution in [1.82, 2.24) is 19.6 Å². The lowest BCUT2D eigenvalue weighted by Crippen LogP contribution is -2.53. The van der Waals surface area contributed by atoms with Gasteiger partial charge >= 0.3 is 6.03 Å².